The second-order valence-corrected chi connectivity index (χ2v) is 5.45. The van der Waals surface area contributed by atoms with Gasteiger partial charge in [0.15, 0.2) is 0 Å². The predicted octanol–water partition coefficient (Wildman–Crippen LogP) is 1.11. The zero-order chi connectivity index (χ0) is 13.7. The summed E-state index contributed by atoms with van der Waals surface area (Å²) in [4.78, 5) is 13.9. The largest absolute Gasteiger partial charge is 0.351 e. The molecule has 2 rings (SSSR count). The van der Waals surface area contributed by atoms with Gasteiger partial charge in [-0.05, 0) is 18.2 Å². The van der Waals surface area contributed by atoms with E-state index in [0.29, 0.717) is 12.1 Å². The number of carbonyl (C=O) groups is 1. The number of rotatable bonds is 4. The standard InChI is InChI=1S/C13H17BrFN3O/c14-11-1-2-12(15)10(7-11)8-17-13(19)9-18-5-3-16-4-6-18/h1-2,7,16H,3-6,8-9H2,(H,17,19). The minimum atomic E-state index is -0.300. The fourth-order valence-corrected chi connectivity index (χ4v) is 2.41. The molecule has 6 heteroatoms. The first kappa shape index (κ1) is 14.4. The van der Waals surface area contributed by atoms with Crippen molar-refractivity contribution < 1.29 is 9.18 Å². The maximum absolute atomic E-state index is 13.5. The number of halogens is 2. The third-order valence-electron chi connectivity index (χ3n) is 3.06. The van der Waals surface area contributed by atoms with Crippen molar-refractivity contribution in [3.63, 3.8) is 0 Å². The van der Waals surface area contributed by atoms with Crippen LogP contribution >= 0.6 is 15.9 Å². The van der Waals surface area contributed by atoms with Crippen molar-refractivity contribution in [3.05, 3.63) is 34.1 Å². The average molecular weight is 330 g/mol. The van der Waals surface area contributed by atoms with Gasteiger partial charge in [0.2, 0.25) is 5.91 Å². The van der Waals surface area contributed by atoms with Crippen LogP contribution in [0.2, 0.25) is 0 Å². The number of benzene rings is 1. The van der Waals surface area contributed by atoms with Crippen LogP contribution in [-0.2, 0) is 11.3 Å². The Bertz CT molecular complexity index is 450. The minimum absolute atomic E-state index is 0.0683. The van der Waals surface area contributed by atoms with E-state index in [2.05, 4.69) is 31.5 Å². The van der Waals surface area contributed by atoms with Crippen LogP contribution in [0.3, 0.4) is 0 Å². The summed E-state index contributed by atoms with van der Waals surface area (Å²) in [6, 6.07) is 4.71. The number of nitrogens with zero attached hydrogens (tertiary/aromatic N) is 1. The van der Waals surface area contributed by atoms with E-state index < -0.39 is 0 Å². The van der Waals surface area contributed by atoms with E-state index >= 15 is 0 Å². The summed E-state index contributed by atoms with van der Waals surface area (Å²) in [5, 5.41) is 5.98. The lowest BCUT2D eigenvalue weighted by Crippen LogP contribution is -2.47. The fourth-order valence-electron chi connectivity index (χ4n) is 2.00. The second kappa shape index (κ2) is 6.98. The molecular weight excluding hydrogens is 313 g/mol. The Balaban J connectivity index is 1.81. The zero-order valence-electron chi connectivity index (χ0n) is 10.6. The molecule has 2 N–H and O–H groups in total. The molecule has 0 aromatic heterocycles. The molecular formula is C13H17BrFN3O. The van der Waals surface area contributed by atoms with Crippen LogP contribution in [0.25, 0.3) is 0 Å². The summed E-state index contributed by atoms with van der Waals surface area (Å²) >= 11 is 3.29. The lowest BCUT2D eigenvalue weighted by Gasteiger charge is -2.26. The summed E-state index contributed by atoms with van der Waals surface area (Å²) in [5.74, 6) is -0.369. The highest BCUT2D eigenvalue weighted by molar-refractivity contribution is 9.10. The number of piperazine rings is 1. The highest BCUT2D eigenvalue weighted by atomic mass is 79.9. The van der Waals surface area contributed by atoms with Crippen LogP contribution in [0.1, 0.15) is 5.56 Å². The molecule has 1 fully saturated rings. The Morgan fingerprint density at radius 2 is 2.16 bits per heavy atom. The maximum atomic E-state index is 13.5. The van der Waals surface area contributed by atoms with Crippen molar-refractivity contribution in [2.75, 3.05) is 32.7 Å². The van der Waals surface area contributed by atoms with E-state index in [1.54, 1.807) is 12.1 Å². The molecule has 0 unspecified atom stereocenters. The molecule has 1 aliphatic rings. The van der Waals surface area contributed by atoms with Gasteiger partial charge in [-0.1, -0.05) is 15.9 Å². The van der Waals surface area contributed by atoms with Crippen molar-refractivity contribution in [2.45, 2.75) is 6.54 Å². The van der Waals surface area contributed by atoms with Gasteiger partial charge in [-0.15, -0.1) is 0 Å². The molecule has 0 radical (unpaired) electrons. The van der Waals surface area contributed by atoms with Gasteiger partial charge in [0.05, 0.1) is 6.54 Å². The average Bonchev–Trinajstić information content (AvgIpc) is 2.41. The third kappa shape index (κ3) is 4.56. The zero-order valence-corrected chi connectivity index (χ0v) is 12.2. The molecule has 1 aromatic rings. The maximum Gasteiger partial charge on any atom is 0.234 e. The molecule has 4 nitrogen and oxygen atoms in total. The second-order valence-electron chi connectivity index (χ2n) is 4.54. The molecule has 0 aliphatic carbocycles. The van der Waals surface area contributed by atoms with Crippen molar-refractivity contribution in [1.82, 2.24) is 15.5 Å². The predicted molar refractivity (Wildman–Crippen MR) is 75.3 cm³/mol. The Morgan fingerprint density at radius 1 is 1.42 bits per heavy atom. The normalized spacial score (nSPS) is 16.3. The van der Waals surface area contributed by atoms with Gasteiger partial charge in [0, 0.05) is 42.8 Å². The molecule has 104 valence electrons. The van der Waals surface area contributed by atoms with E-state index in [4.69, 9.17) is 0 Å². The Labute approximate surface area is 120 Å². The summed E-state index contributed by atoms with van der Waals surface area (Å²) < 4.78 is 14.3. The summed E-state index contributed by atoms with van der Waals surface area (Å²) in [5.41, 5.74) is 0.489. The van der Waals surface area contributed by atoms with Crippen molar-refractivity contribution in [2.24, 2.45) is 0 Å². The molecule has 1 saturated heterocycles. The van der Waals surface area contributed by atoms with Gasteiger partial charge < -0.3 is 10.6 Å². The highest BCUT2D eigenvalue weighted by Gasteiger charge is 2.13. The first-order valence-electron chi connectivity index (χ1n) is 6.29. The molecule has 19 heavy (non-hydrogen) atoms. The highest BCUT2D eigenvalue weighted by Crippen LogP contribution is 2.15. The molecule has 0 saturated carbocycles. The Morgan fingerprint density at radius 3 is 2.89 bits per heavy atom. The lowest BCUT2D eigenvalue weighted by atomic mass is 10.2. The lowest BCUT2D eigenvalue weighted by molar-refractivity contribution is -0.122. The topological polar surface area (TPSA) is 44.4 Å². The van der Waals surface area contributed by atoms with E-state index in [0.717, 1.165) is 30.7 Å². The summed E-state index contributed by atoms with van der Waals surface area (Å²) in [7, 11) is 0. The van der Waals surface area contributed by atoms with Crippen LogP contribution in [-0.4, -0.2) is 43.5 Å². The summed E-state index contributed by atoms with van der Waals surface area (Å²) in [6.07, 6.45) is 0. The fraction of sp³-hybridized carbons (Fsp3) is 0.462. The molecule has 1 aromatic carbocycles. The molecule has 1 aliphatic heterocycles. The van der Waals surface area contributed by atoms with Gasteiger partial charge in [-0.25, -0.2) is 4.39 Å². The molecule has 0 atom stereocenters. The van der Waals surface area contributed by atoms with E-state index in [1.807, 2.05) is 0 Å². The smallest absolute Gasteiger partial charge is 0.234 e. The van der Waals surface area contributed by atoms with Gasteiger partial charge in [-0.2, -0.15) is 0 Å². The number of amides is 1. The third-order valence-corrected chi connectivity index (χ3v) is 3.55. The first-order valence-corrected chi connectivity index (χ1v) is 7.08. The number of carbonyl (C=O) groups excluding carboxylic acids is 1. The van der Waals surface area contributed by atoms with Gasteiger partial charge in [0.25, 0.3) is 0 Å². The van der Waals surface area contributed by atoms with Crippen LogP contribution < -0.4 is 10.6 Å². The molecule has 0 spiro atoms. The van der Waals surface area contributed by atoms with E-state index in [1.165, 1.54) is 6.07 Å². The monoisotopic (exact) mass is 329 g/mol. The Kier molecular flexibility index (Phi) is 5.30. The van der Waals surface area contributed by atoms with Crippen LogP contribution in [0.4, 0.5) is 4.39 Å². The van der Waals surface area contributed by atoms with E-state index in [-0.39, 0.29) is 18.3 Å². The van der Waals surface area contributed by atoms with Gasteiger partial charge >= 0.3 is 0 Å². The molecule has 1 heterocycles. The van der Waals surface area contributed by atoms with Gasteiger partial charge in [0.1, 0.15) is 5.82 Å². The molecule has 0 bridgehead atoms. The first-order chi connectivity index (χ1) is 9.15. The minimum Gasteiger partial charge on any atom is -0.351 e. The summed E-state index contributed by atoms with van der Waals surface area (Å²) in [6.45, 7) is 4.16. The number of nitrogens with one attached hydrogen (secondary N) is 2. The van der Waals surface area contributed by atoms with Crippen molar-refractivity contribution in [1.29, 1.82) is 0 Å². The van der Waals surface area contributed by atoms with Crippen molar-refractivity contribution in [3.8, 4) is 0 Å². The van der Waals surface area contributed by atoms with Crippen molar-refractivity contribution >= 4 is 21.8 Å². The van der Waals surface area contributed by atoms with E-state index in [9.17, 15) is 9.18 Å². The van der Waals surface area contributed by atoms with Crippen LogP contribution in [0.5, 0.6) is 0 Å². The van der Waals surface area contributed by atoms with Crippen LogP contribution in [0.15, 0.2) is 22.7 Å². The number of hydrogen-bond acceptors (Lipinski definition) is 3. The molecule has 1 amide bonds. The quantitative estimate of drug-likeness (QED) is 0.869. The number of hydrogen-bond donors (Lipinski definition) is 2. The SMILES string of the molecule is O=C(CN1CCNCC1)NCc1cc(Br)ccc1F. The Hall–Kier alpha value is -0.980. The van der Waals surface area contributed by atoms with Gasteiger partial charge in [-0.3, -0.25) is 9.69 Å². The van der Waals surface area contributed by atoms with Crippen LogP contribution in [0, 0.1) is 5.82 Å².